The molecule has 0 radical (unpaired) electrons. The maximum atomic E-state index is 12.7. The molecule has 1 N–H and O–H groups in total. The number of nitrogens with one attached hydrogen (secondary N) is 1. The minimum absolute atomic E-state index is 0.0646. The van der Waals surface area contributed by atoms with Gasteiger partial charge in [-0.1, -0.05) is 12.1 Å². The van der Waals surface area contributed by atoms with Gasteiger partial charge in [-0.3, -0.25) is 9.59 Å². The molecule has 29 heavy (non-hydrogen) atoms. The first-order valence-corrected chi connectivity index (χ1v) is 9.27. The Morgan fingerprint density at radius 3 is 2.48 bits per heavy atom. The molecule has 2 aromatic rings. The fraction of sp³-hybridized carbons (Fsp3) is 0.273. The SMILES string of the molecule is C=CCCC(=O)N1CCc2ccc(NC(=O)c3ccc(C(F)(F)F)cc3)cc2C1. The molecule has 0 saturated heterocycles. The summed E-state index contributed by atoms with van der Waals surface area (Å²) < 4.78 is 38.0. The zero-order valence-corrected chi connectivity index (χ0v) is 15.8. The molecule has 4 nitrogen and oxygen atoms in total. The van der Waals surface area contributed by atoms with Crippen molar-refractivity contribution >= 4 is 17.5 Å². The van der Waals surface area contributed by atoms with Gasteiger partial charge in [-0.15, -0.1) is 6.58 Å². The van der Waals surface area contributed by atoms with Gasteiger partial charge in [-0.25, -0.2) is 0 Å². The lowest BCUT2D eigenvalue weighted by molar-refractivity contribution is -0.137. The van der Waals surface area contributed by atoms with E-state index in [1.165, 1.54) is 0 Å². The molecule has 0 spiro atoms. The maximum Gasteiger partial charge on any atom is 0.416 e. The van der Waals surface area contributed by atoms with Gasteiger partial charge in [0.25, 0.3) is 5.91 Å². The number of hydrogen-bond donors (Lipinski definition) is 1. The molecule has 0 aliphatic carbocycles. The van der Waals surface area contributed by atoms with Gasteiger partial charge in [0, 0.05) is 30.8 Å². The molecule has 2 aromatic carbocycles. The van der Waals surface area contributed by atoms with E-state index in [-0.39, 0.29) is 11.5 Å². The predicted octanol–water partition coefficient (Wildman–Crippen LogP) is 4.81. The Bertz CT molecular complexity index is 921. The van der Waals surface area contributed by atoms with Crippen LogP contribution in [0.25, 0.3) is 0 Å². The van der Waals surface area contributed by atoms with Crippen molar-refractivity contribution in [3.8, 4) is 0 Å². The van der Waals surface area contributed by atoms with Crippen LogP contribution in [0.3, 0.4) is 0 Å². The largest absolute Gasteiger partial charge is 0.416 e. The average molecular weight is 402 g/mol. The van der Waals surface area contributed by atoms with Crippen LogP contribution in [0.4, 0.5) is 18.9 Å². The summed E-state index contributed by atoms with van der Waals surface area (Å²) in [7, 11) is 0. The topological polar surface area (TPSA) is 49.4 Å². The van der Waals surface area contributed by atoms with Crippen molar-refractivity contribution in [2.75, 3.05) is 11.9 Å². The van der Waals surface area contributed by atoms with Crippen LogP contribution in [-0.4, -0.2) is 23.3 Å². The molecular formula is C22H21F3N2O2. The fourth-order valence-corrected chi connectivity index (χ4v) is 3.25. The van der Waals surface area contributed by atoms with Crippen LogP contribution >= 0.6 is 0 Å². The molecule has 0 aromatic heterocycles. The van der Waals surface area contributed by atoms with Crippen molar-refractivity contribution in [3.63, 3.8) is 0 Å². The Morgan fingerprint density at radius 2 is 1.83 bits per heavy atom. The predicted molar refractivity (Wildman–Crippen MR) is 104 cm³/mol. The molecule has 0 saturated carbocycles. The Kier molecular flexibility index (Phi) is 6.06. The molecule has 7 heteroatoms. The second-order valence-electron chi connectivity index (χ2n) is 6.91. The van der Waals surface area contributed by atoms with E-state index < -0.39 is 17.6 Å². The summed E-state index contributed by atoms with van der Waals surface area (Å²) in [4.78, 5) is 26.4. The van der Waals surface area contributed by atoms with Crippen LogP contribution < -0.4 is 5.32 Å². The number of carbonyl (C=O) groups excluding carboxylic acids is 2. The molecule has 3 rings (SSSR count). The minimum Gasteiger partial charge on any atom is -0.338 e. The van der Waals surface area contributed by atoms with Crippen LogP contribution in [0.15, 0.2) is 55.1 Å². The Morgan fingerprint density at radius 1 is 1.10 bits per heavy atom. The van der Waals surface area contributed by atoms with Crippen molar-refractivity contribution in [2.24, 2.45) is 0 Å². The van der Waals surface area contributed by atoms with Crippen LogP contribution in [0.2, 0.25) is 0 Å². The van der Waals surface area contributed by atoms with Gasteiger partial charge >= 0.3 is 6.18 Å². The summed E-state index contributed by atoms with van der Waals surface area (Å²) in [5, 5.41) is 2.71. The van der Waals surface area contributed by atoms with E-state index in [4.69, 9.17) is 0 Å². The lowest BCUT2D eigenvalue weighted by Gasteiger charge is -2.29. The van der Waals surface area contributed by atoms with Crippen LogP contribution in [0, 0.1) is 0 Å². The smallest absolute Gasteiger partial charge is 0.338 e. The quantitative estimate of drug-likeness (QED) is 0.730. The normalized spacial score (nSPS) is 13.6. The van der Waals surface area contributed by atoms with Crippen LogP contribution in [0.5, 0.6) is 0 Å². The number of carbonyl (C=O) groups is 2. The number of halogens is 3. The summed E-state index contributed by atoms with van der Waals surface area (Å²) in [6.45, 7) is 4.75. The van der Waals surface area contributed by atoms with Gasteiger partial charge in [-0.05, 0) is 60.4 Å². The first-order chi connectivity index (χ1) is 13.8. The molecule has 0 atom stereocenters. The monoisotopic (exact) mass is 402 g/mol. The number of benzene rings is 2. The van der Waals surface area contributed by atoms with Gasteiger partial charge in [-0.2, -0.15) is 13.2 Å². The molecule has 1 aliphatic rings. The van der Waals surface area contributed by atoms with Crippen molar-refractivity contribution in [2.45, 2.75) is 32.0 Å². The van der Waals surface area contributed by atoms with E-state index in [0.717, 1.165) is 41.8 Å². The van der Waals surface area contributed by atoms with Crippen LogP contribution in [0.1, 0.15) is 39.9 Å². The van der Waals surface area contributed by atoms with Gasteiger partial charge < -0.3 is 10.2 Å². The van der Waals surface area contributed by atoms with Gasteiger partial charge in [0.15, 0.2) is 0 Å². The minimum atomic E-state index is -4.44. The van der Waals surface area contributed by atoms with E-state index >= 15 is 0 Å². The van der Waals surface area contributed by atoms with E-state index in [9.17, 15) is 22.8 Å². The molecule has 2 amide bonds. The summed E-state index contributed by atoms with van der Waals surface area (Å²) in [5.41, 5.74) is 1.94. The highest BCUT2D eigenvalue weighted by Crippen LogP contribution is 2.29. The molecule has 0 fully saturated rings. The highest BCUT2D eigenvalue weighted by atomic mass is 19.4. The number of hydrogen-bond acceptors (Lipinski definition) is 2. The zero-order valence-electron chi connectivity index (χ0n) is 15.8. The van der Waals surface area contributed by atoms with E-state index in [1.807, 2.05) is 12.1 Å². The lowest BCUT2D eigenvalue weighted by atomic mass is 9.98. The van der Waals surface area contributed by atoms with Gasteiger partial charge in [0.1, 0.15) is 0 Å². The summed E-state index contributed by atoms with van der Waals surface area (Å²) >= 11 is 0. The number of alkyl halides is 3. The molecular weight excluding hydrogens is 381 g/mol. The molecule has 0 bridgehead atoms. The standard InChI is InChI=1S/C22H21F3N2O2/c1-2-3-4-20(28)27-12-11-15-7-10-19(13-17(15)14-27)26-21(29)16-5-8-18(9-6-16)22(23,24)25/h2,5-10,13H,1,3-4,11-12,14H2,(H,26,29). The maximum absolute atomic E-state index is 12.7. The highest BCUT2D eigenvalue weighted by Gasteiger charge is 2.30. The Balaban J connectivity index is 1.69. The molecule has 152 valence electrons. The molecule has 1 heterocycles. The van der Waals surface area contributed by atoms with Gasteiger partial charge in [0.2, 0.25) is 5.91 Å². The Hall–Kier alpha value is -3.09. The Labute approximate surface area is 167 Å². The van der Waals surface area contributed by atoms with Gasteiger partial charge in [0.05, 0.1) is 5.56 Å². The van der Waals surface area contributed by atoms with Crippen molar-refractivity contribution in [1.29, 1.82) is 0 Å². The summed E-state index contributed by atoms with van der Waals surface area (Å²) in [5.74, 6) is -0.428. The van der Waals surface area contributed by atoms with E-state index in [1.54, 1.807) is 17.0 Å². The highest BCUT2D eigenvalue weighted by molar-refractivity contribution is 6.04. The third-order valence-electron chi connectivity index (χ3n) is 4.87. The number of anilines is 1. The second kappa shape index (κ2) is 8.51. The number of rotatable bonds is 5. The summed E-state index contributed by atoms with van der Waals surface area (Å²) in [6, 6.07) is 9.54. The first kappa shape index (κ1) is 20.6. The first-order valence-electron chi connectivity index (χ1n) is 9.27. The number of fused-ring (bicyclic) bond motifs is 1. The number of nitrogens with zero attached hydrogens (tertiary/aromatic N) is 1. The molecule has 0 unspecified atom stereocenters. The van der Waals surface area contributed by atoms with E-state index in [0.29, 0.717) is 31.6 Å². The van der Waals surface area contributed by atoms with Crippen LogP contribution in [-0.2, 0) is 23.9 Å². The molecule has 1 aliphatic heterocycles. The third-order valence-corrected chi connectivity index (χ3v) is 4.87. The number of amides is 2. The lowest BCUT2D eigenvalue weighted by Crippen LogP contribution is -2.35. The number of allylic oxidation sites excluding steroid dienone is 1. The second-order valence-corrected chi connectivity index (χ2v) is 6.91. The van der Waals surface area contributed by atoms with Crippen molar-refractivity contribution in [3.05, 3.63) is 77.4 Å². The van der Waals surface area contributed by atoms with E-state index in [2.05, 4.69) is 11.9 Å². The third kappa shape index (κ3) is 5.04. The fourth-order valence-electron chi connectivity index (χ4n) is 3.25. The van der Waals surface area contributed by atoms with Crippen molar-refractivity contribution in [1.82, 2.24) is 4.90 Å². The zero-order chi connectivity index (χ0) is 21.0. The average Bonchev–Trinajstić information content (AvgIpc) is 2.70. The summed E-state index contributed by atoms with van der Waals surface area (Å²) in [6.07, 6.45) is -0.940. The van der Waals surface area contributed by atoms with Crippen molar-refractivity contribution < 1.29 is 22.8 Å².